The van der Waals surface area contributed by atoms with E-state index in [4.69, 9.17) is 23.3 Å². The van der Waals surface area contributed by atoms with Crippen LogP contribution in [0.5, 0.6) is 0 Å². The molecule has 8 atom stereocenters. The van der Waals surface area contributed by atoms with Crippen LogP contribution in [-0.4, -0.2) is 111 Å². The smallest absolute Gasteiger partial charge is 0.462 e. The number of phosphoric acid groups is 1. The molecule has 1 aliphatic carbocycles. The van der Waals surface area contributed by atoms with Gasteiger partial charge in [0.2, 0.25) is 0 Å². The average Bonchev–Trinajstić information content (AvgIpc) is 4.01. The van der Waals surface area contributed by atoms with E-state index in [0.717, 1.165) is 51.4 Å². The van der Waals surface area contributed by atoms with Crippen LogP contribution in [0.3, 0.4) is 0 Å². The summed E-state index contributed by atoms with van der Waals surface area (Å²) in [6.07, 6.45) is 28.7. The molecule has 0 radical (unpaired) electrons. The van der Waals surface area contributed by atoms with Gasteiger partial charge in [-0.05, 0) is 64.2 Å². The summed E-state index contributed by atoms with van der Waals surface area (Å²) in [4.78, 5) is 35.8. The van der Waals surface area contributed by atoms with Gasteiger partial charge >= 0.3 is 19.8 Å². The lowest BCUT2D eigenvalue weighted by Crippen LogP contribution is -2.64. The first-order valence-electron chi connectivity index (χ1n) is 23.3. The van der Waals surface area contributed by atoms with Crippen molar-refractivity contribution in [1.29, 1.82) is 0 Å². The molecule has 62 heavy (non-hydrogen) atoms. The van der Waals surface area contributed by atoms with Gasteiger partial charge in [-0.2, -0.15) is 0 Å². The van der Waals surface area contributed by atoms with Gasteiger partial charge in [-0.25, -0.2) is 4.57 Å². The molecule has 6 N–H and O–H groups in total. The molecule has 2 aliphatic rings. The Morgan fingerprint density at radius 1 is 0.613 bits per heavy atom. The number of unbranched alkanes of at least 4 members (excludes halogenated alkanes) is 14. The molecule has 1 aliphatic heterocycles. The van der Waals surface area contributed by atoms with Crippen LogP contribution >= 0.6 is 7.82 Å². The SMILES string of the molecule is CCCCC/C=C/C/C=C/C=C\C=C/C1OC1CCCC(=O)OC(COC(=O)CCCCCCC/C=C\CCCCCCCC)COP(=O)(O)OC1C(O)C(O)C(O)C(O)C1O. The number of epoxide rings is 1. The largest absolute Gasteiger partial charge is 0.472 e. The first kappa shape index (κ1) is 55.6. The quantitative estimate of drug-likeness (QED) is 0.00878. The summed E-state index contributed by atoms with van der Waals surface area (Å²) in [5, 5.41) is 50.2. The predicted octanol–water partition coefficient (Wildman–Crippen LogP) is 7.93. The summed E-state index contributed by atoms with van der Waals surface area (Å²) >= 11 is 0. The Labute approximate surface area is 370 Å². The highest BCUT2D eigenvalue weighted by atomic mass is 31.2. The number of aliphatic hydroxyl groups excluding tert-OH is 5. The van der Waals surface area contributed by atoms with Crippen molar-refractivity contribution in [3.05, 3.63) is 60.8 Å². The van der Waals surface area contributed by atoms with Gasteiger partial charge in [-0.1, -0.05) is 139 Å². The van der Waals surface area contributed by atoms with Crippen molar-refractivity contribution in [2.24, 2.45) is 0 Å². The maximum atomic E-state index is 12.8. The zero-order valence-corrected chi connectivity index (χ0v) is 38.2. The van der Waals surface area contributed by atoms with E-state index in [1.807, 2.05) is 30.4 Å². The van der Waals surface area contributed by atoms with Crippen molar-refractivity contribution in [2.75, 3.05) is 13.2 Å². The zero-order chi connectivity index (χ0) is 45.4. The van der Waals surface area contributed by atoms with Crippen LogP contribution in [-0.2, 0) is 37.4 Å². The van der Waals surface area contributed by atoms with E-state index >= 15 is 0 Å². The summed E-state index contributed by atoms with van der Waals surface area (Å²) in [7, 11) is -5.15. The highest BCUT2D eigenvalue weighted by Gasteiger charge is 2.51. The van der Waals surface area contributed by atoms with E-state index in [1.54, 1.807) is 0 Å². The highest BCUT2D eigenvalue weighted by Crippen LogP contribution is 2.47. The zero-order valence-electron chi connectivity index (χ0n) is 37.3. The Balaban J connectivity index is 1.77. The summed E-state index contributed by atoms with van der Waals surface area (Å²) in [5.74, 6) is -1.21. The molecule has 0 amide bonds. The second-order valence-corrected chi connectivity index (χ2v) is 17.8. The molecule has 2 rings (SSSR count). The van der Waals surface area contributed by atoms with Crippen LogP contribution in [0, 0.1) is 0 Å². The monoisotopic (exact) mass is 899 g/mol. The summed E-state index contributed by atoms with van der Waals surface area (Å²) < 4.78 is 39.2. The molecule has 0 aromatic rings. The molecule has 1 saturated heterocycles. The van der Waals surface area contributed by atoms with Crippen LogP contribution in [0.2, 0.25) is 0 Å². The van der Waals surface area contributed by atoms with Gasteiger partial charge in [0.25, 0.3) is 0 Å². The maximum absolute atomic E-state index is 12.8. The van der Waals surface area contributed by atoms with Crippen LogP contribution in [0.1, 0.15) is 155 Å². The number of hydrogen-bond acceptors (Lipinski definition) is 13. The minimum atomic E-state index is -5.15. The summed E-state index contributed by atoms with van der Waals surface area (Å²) in [6, 6.07) is 0. The normalized spacial score (nSPS) is 25.7. The van der Waals surface area contributed by atoms with Crippen molar-refractivity contribution in [2.45, 2.75) is 210 Å². The van der Waals surface area contributed by atoms with Gasteiger partial charge < -0.3 is 44.6 Å². The fraction of sp³-hybridized carbons (Fsp3) is 0.745. The molecular formula is C47H79O14P. The van der Waals surface area contributed by atoms with E-state index in [2.05, 4.69) is 44.2 Å². The number of rotatable bonds is 36. The number of esters is 2. The van der Waals surface area contributed by atoms with Gasteiger partial charge in [-0.15, -0.1) is 0 Å². The van der Waals surface area contributed by atoms with Gasteiger partial charge in [0.15, 0.2) is 6.10 Å². The second-order valence-electron chi connectivity index (χ2n) is 16.3. The second kappa shape index (κ2) is 33.9. The fourth-order valence-electron chi connectivity index (χ4n) is 6.91. The molecule has 0 spiro atoms. The van der Waals surface area contributed by atoms with Gasteiger partial charge in [0, 0.05) is 12.8 Å². The Bertz CT molecular complexity index is 1380. The molecule has 1 heterocycles. The fourth-order valence-corrected chi connectivity index (χ4v) is 7.88. The van der Waals surface area contributed by atoms with Crippen molar-refractivity contribution in [1.82, 2.24) is 0 Å². The number of hydrogen-bond donors (Lipinski definition) is 6. The Hall–Kier alpha value is -2.49. The van der Waals surface area contributed by atoms with Gasteiger partial charge in [0.1, 0.15) is 49.3 Å². The predicted molar refractivity (Wildman–Crippen MR) is 239 cm³/mol. The van der Waals surface area contributed by atoms with E-state index < -0.39 is 75.7 Å². The molecule has 0 aromatic carbocycles. The Morgan fingerprint density at radius 2 is 1.15 bits per heavy atom. The number of allylic oxidation sites excluding steroid dienone is 9. The van der Waals surface area contributed by atoms with Crippen molar-refractivity contribution < 1.29 is 67.8 Å². The van der Waals surface area contributed by atoms with Crippen molar-refractivity contribution >= 4 is 19.8 Å². The molecule has 0 bridgehead atoms. The van der Waals surface area contributed by atoms with Crippen molar-refractivity contribution in [3.8, 4) is 0 Å². The first-order chi connectivity index (χ1) is 29.9. The third-order valence-corrected chi connectivity index (χ3v) is 11.8. The minimum Gasteiger partial charge on any atom is -0.462 e. The van der Waals surface area contributed by atoms with Crippen LogP contribution < -0.4 is 0 Å². The standard InChI is InChI=1S/C47H79O14P/c1-3-5-7-9-11-13-15-17-18-19-21-23-25-27-29-33-40(48)57-35-37(36-58-62(55,56)61-47-45(53)43(51)42(50)44(52)46(47)54)59-41(49)34-30-32-39-38(60-39)31-28-26-24-22-20-16-14-12-10-8-6-4-2/h12,14,17-18,20,22,24,26,28,31,37-39,42-47,50-54H,3-11,13,15-16,19,21,23,25,27,29-30,32-36H2,1-2H3,(H,55,56)/b14-12+,18-17-,22-20+,26-24-,31-28-. The molecule has 0 aromatic heterocycles. The average molecular weight is 899 g/mol. The lowest BCUT2D eigenvalue weighted by molar-refractivity contribution is -0.220. The molecular weight excluding hydrogens is 819 g/mol. The minimum absolute atomic E-state index is 0.0146. The number of phosphoric ester groups is 1. The highest BCUT2D eigenvalue weighted by molar-refractivity contribution is 7.47. The van der Waals surface area contributed by atoms with Crippen molar-refractivity contribution in [3.63, 3.8) is 0 Å². The first-order valence-corrected chi connectivity index (χ1v) is 24.8. The van der Waals surface area contributed by atoms with Gasteiger partial charge in [-0.3, -0.25) is 18.6 Å². The molecule has 15 heteroatoms. The summed E-state index contributed by atoms with van der Waals surface area (Å²) in [5.41, 5.74) is 0. The lowest BCUT2D eigenvalue weighted by atomic mass is 9.85. The summed E-state index contributed by atoms with van der Waals surface area (Å²) in [6.45, 7) is 3.17. The van der Waals surface area contributed by atoms with Crippen LogP contribution in [0.4, 0.5) is 0 Å². The Kier molecular flexibility index (Phi) is 30.5. The topological polar surface area (TPSA) is 222 Å². The van der Waals surface area contributed by atoms with Gasteiger partial charge in [0.05, 0.1) is 12.7 Å². The third-order valence-electron chi connectivity index (χ3n) is 10.8. The number of aliphatic hydroxyl groups is 5. The third kappa shape index (κ3) is 25.7. The van der Waals surface area contributed by atoms with Crippen LogP contribution in [0.25, 0.3) is 0 Å². The molecule has 8 unspecified atom stereocenters. The molecule has 356 valence electrons. The van der Waals surface area contributed by atoms with E-state index in [0.29, 0.717) is 19.3 Å². The lowest BCUT2D eigenvalue weighted by Gasteiger charge is -2.41. The Morgan fingerprint density at radius 3 is 1.81 bits per heavy atom. The van der Waals surface area contributed by atoms with E-state index in [1.165, 1.54) is 57.8 Å². The van der Waals surface area contributed by atoms with E-state index in [9.17, 15) is 44.6 Å². The maximum Gasteiger partial charge on any atom is 0.472 e. The molecule has 1 saturated carbocycles. The molecule has 2 fully saturated rings. The molecule has 14 nitrogen and oxygen atoms in total. The number of carbonyl (C=O) groups excluding carboxylic acids is 2. The van der Waals surface area contributed by atoms with E-state index in [-0.39, 0.29) is 25.0 Å². The number of carbonyl (C=O) groups is 2. The van der Waals surface area contributed by atoms with Crippen LogP contribution in [0.15, 0.2) is 60.8 Å². The number of ether oxygens (including phenoxy) is 3.